The number of aromatic nitrogens is 21. The number of anilines is 8. The van der Waals surface area contributed by atoms with E-state index < -0.39 is 47.8 Å². The minimum atomic E-state index is -1.01. The predicted molar refractivity (Wildman–Crippen MR) is 441 cm³/mol. The molecule has 13 heterocycles. The highest BCUT2D eigenvalue weighted by Crippen LogP contribution is 2.40. The maximum absolute atomic E-state index is 14.0. The number of halogens is 4. The molecule has 38 heteroatoms. The van der Waals surface area contributed by atoms with E-state index in [4.69, 9.17) is 96.0 Å². The Hall–Kier alpha value is -15.3. The van der Waals surface area contributed by atoms with Crippen LogP contribution in [-0.4, -0.2) is 108 Å². The van der Waals surface area contributed by atoms with Crippen LogP contribution in [0.3, 0.4) is 0 Å². The summed E-state index contributed by atoms with van der Waals surface area (Å²) in [5.74, 6) is 0.990. The van der Waals surface area contributed by atoms with Gasteiger partial charge in [-0.25, -0.2) is 92.7 Å². The van der Waals surface area contributed by atoms with E-state index in [1.807, 2.05) is 99.6 Å². The summed E-state index contributed by atoms with van der Waals surface area (Å²) in [6, 6.07) is 24.1. The highest BCUT2D eigenvalue weighted by atomic mass is 35.5. The maximum atomic E-state index is 14.0. The number of aliphatic hydroxyl groups is 1. The average molecular weight is 1610 g/mol. The first-order valence-electron chi connectivity index (χ1n) is 37.0. The van der Waals surface area contributed by atoms with E-state index >= 15 is 0 Å². The lowest BCUT2D eigenvalue weighted by Crippen LogP contribution is -2.16. The van der Waals surface area contributed by atoms with Crippen molar-refractivity contribution in [2.24, 2.45) is 0 Å². The molecule has 0 saturated carbocycles. The maximum Gasteiger partial charge on any atom is 0.268 e. The first-order valence-corrected chi connectivity index (χ1v) is 35.6. The van der Waals surface area contributed by atoms with Crippen LogP contribution in [0, 0.1) is 32.2 Å². The first kappa shape index (κ1) is 72.3. The Morgan fingerprint density at radius 2 is 0.767 bits per heavy atom. The molecule has 0 saturated heterocycles. The summed E-state index contributed by atoms with van der Waals surface area (Å²) in [5, 5.41) is 42.5. The monoisotopic (exact) mass is 1610 g/mol. The number of hydrogen-bond acceptors (Lipinski definition) is 26. The molecule has 116 heavy (non-hydrogen) atoms. The molecule has 0 fully saturated rings. The quantitative estimate of drug-likeness (QED) is 0.0382. The number of nitrogen functional groups attached to an aromatic ring is 4. The number of nitrogens with zero attached hydrogens (tertiary/aromatic N) is 25. The number of hydrogen-bond donors (Lipinski definition) is 9. The van der Waals surface area contributed by atoms with E-state index in [2.05, 4.69) is 121 Å². The second-order valence-corrected chi connectivity index (χ2v) is 26.8. The van der Waals surface area contributed by atoms with E-state index in [0.29, 0.717) is 73.0 Å². The van der Waals surface area contributed by atoms with Crippen molar-refractivity contribution in [3.8, 4) is 45.0 Å². The molecule has 0 amide bonds. The summed E-state index contributed by atoms with van der Waals surface area (Å²) in [7, 11) is 0. The highest BCUT2D eigenvalue weighted by Gasteiger charge is 2.27. The first-order chi connectivity index (χ1) is 58.0. The van der Waals surface area contributed by atoms with Crippen molar-refractivity contribution in [1.29, 1.82) is 0 Å². The van der Waals surface area contributed by atoms with Crippen molar-refractivity contribution in [1.82, 2.24) is 103 Å². The van der Waals surface area contributed by atoms with Gasteiger partial charge >= 0.3 is 0 Å². The van der Waals surface area contributed by atoms with Gasteiger partial charge in [0.15, 0.2) is 38.0 Å². The standard InChI is InChI=1S/C22H21ClN8O.C19H15ClN8.C19H15FN8.C18H14ClN9/c1-12(29-21-19(25-4)20(24)27-11-28-21)15-9-17-26-10-16(23)31(17)30-18(15)13-6-5-7-14(8-13)22(2,3)32;2*1-11(26-19-17(22-2)18(21)24-10-25-19)13-8-15-23-9-14(20)28(15)27-16(13)12-6-4-3-5-7-12;1-10(26-18-16(21-2)17(20)24-9-25-18)12-6-14-23-8-13(19)28(14)27-15(12)11-4-3-5-22-7-11/h5-12,32H,1-3H3,(H3,24,27,28,29);2*3-11H,1H3,(H3,21,24,25,26);3-10H,1H3,(H3,20,24,25,26)/t;;11-;10-/m..00/s1/i;3D,4D,5D,6D,7D;;. The lowest BCUT2D eigenvalue weighted by molar-refractivity contribution is 0.0786. The second kappa shape index (κ2) is 34.1. The van der Waals surface area contributed by atoms with Crippen molar-refractivity contribution in [2.75, 3.05) is 44.2 Å². The van der Waals surface area contributed by atoms with Gasteiger partial charge in [0.2, 0.25) is 5.95 Å². The molecule has 576 valence electrons. The fraction of sp³-hybridized carbons (Fsp3) is 0.141. The summed E-state index contributed by atoms with van der Waals surface area (Å²) >= 11 is 18.6. The number of nitrogens with two attached hydrogens (primary N) is 4. The summed E-state index contributed by atoms with van der Waals surface area (Å²) in [6.45, 7) is 40.4. The number of nitrogens with one attached hydrogen (secondary N) is 4. The van der Waals surface area contributed by atoms with Crippen molar-refractivity contribution in [3.05, 3.63) is 279 Å². The van der Waals surface area contributed by atoms with Crippen LogP contribution in [0.2, 0.25) is 15.5 Å². The number of pyridine rings is 1. The molecular formula is C78H65Cl3FN33O. The molecule has 4 atom stereocenters. The zero-order valence-electron chi connectivity index (χ0n) is 66.7. The minimum absolute atomic E-state index is 0.00848. The summed E-state index contributed by atoms with van der Waals surface area (Å²) in [6.07, 6.45) is 14.1. The Morgan fingerprint density at radius 1 is 0.422 bits per heavy atom. The van der Waals surface area contributed by atoms with Gasteiger partial charge in [-0.1, -0.05) is 114 Å². The third-order valence-electron chi connectivity index (χ3n) is 17.6. The van der Waals surface area contributed by atoms with E-state index in [0.717, 1.165) is 49.7 Å². The second-order valence-electron chi connectivity index (χ2n) is 25.7. The van der Waals surface area contributed by atoms with E-state index in [9.17, 15) is 9.50 Å². The Kier molecular flexibility index (Phi) is 21.3. The molecule has 0 aliphatic heterocycles. The largest absolute Gasteiger partial charge is 0.392 e. The predicted octanol–water partition coefficient (Wildman–Crippen LogP) is 15.7. The fourth-order valence-electron chi connectivity index (χ4n) is 11.9. The molecular weight excluding hydrogens is 1540 g/mol. The molecule has 34 nitrogen and oxygen atoms in total. The molecule has 13 aromatic heterocycles. The Morgan fingerprint density at radius 3 is 1.15 bits per heavy atom. The summed E-state index contributed by atoms with van der Waals surface area (Å²) < 4.78 is 60.3. The lowest BCUT2D eigenvalue weighted by atomic mass is 9.94. The molecule has 16 rings (SSSR count). The van der Waals surface area contributed by atoms with Gasteiger partial charge in [-0.15, -0.1) is 0 Å². The van der Waals surface area contributed by atoms with E-state index in [1.54, 1.807) is 60.5 Å². The SMILES string of the molecule is [2H]c1c([2H])c([2H])c(-c2nn3c(Cl)cnc3cc2C(C)Nc2ncnc(N)c2[N+]#[C-])c([2H])c1[2H].[C-]#[N+]c1c(N)ncnc1NC(C)c1cc2ncc(Cl)n2nc1-c1cccc(C(C)(C)O)c1.[C-]#[N+]c1c(N)ncnc1N[C@@H](C)c1cc2ncc(Cl)n2nc1-c1cccnc1.[C-]#[N+]c1c(N)ncnc1N[C@@H](C)c1cc2ncc(F)n2nc1-c1ccccc1. The molecule has 0 spiro atoms. The van der Waals surface area contributed by atoms with Crippen molar-refractivity contribution < 1.29 is 16.4 Å². The molecule has 16 aromatic rings. The topological polar surface area (TPSA) is 427 Å². The smallest absolute Gasteiger partial charge is 0.268 e. The van der Waals surface area contributed by atoms with Crippen LogP contribution in [-0.2, 0) is 5.60 Å². The third-order valence-corrected chi connectivity index (χ3v) is 18.4. The molecule has 3 aromatic carbocycles. The molecule has 0 aliphatic rings. The molecule has 0 aliphatic carbocycles. The summed E-state index contributed by atoms with van der Waals surface area (Å²) in [4.78, 5) is 66.6. The van der Waals surface area contributed by atoms with Gasteiger partial charge in [-0.3, -0.25) is 4.98 Å². The zero-order valence-corrected chi connectivity index (χ0v) is 64.0. The van der Waals surface area contributed by atoms with Crippen LogP contribution in [0.15, 0.2) is 184 Å². The van der Waals surface area contributed by atoms with Crippen LogP contribution >= 0.6 is 34.8 Å². The molecule has 2 unspecified atom stereocenters. The fourth-order valence-corrected chi connectivity index (χ4v) is 12.4. The van der Waals surface area contributed by atoms with E-state index in [1.165, 1.54) is 42.2 Å². The molecule has 0 bridgehead atoms. The van der Waals surface area contributed by atoms with Crippen LogP contribution < -0.4 is 44.2 Å². The number of benzene rings is 3. The van der Waals surface area contributed by atoms with Gasteiger partial charge in [-0.05, 0) is 89.6 Å². The average Bonchev–Trinajstić information content (AvgIpc) is 0.998. The normalized spacial score (nSPS) is 12.7. The Labute approximate surface area is 681 Å². The van der Waals surface area contributed by atoms with Crippen LogP contribution in [0.1, 0.15) is 100 Å². The summed E-state index contributed by atoms with van der Waals surface area (Å²) in [5.41, 5.74) is 32.6. The number of rotatable bonds is 17. The minimum Gasteiger partial charge on any atom is -0.392 e. The van der Waals surface area contributed by atoms with Gasteiger partial charge in [0, 0.05) is 56.9 Å². The van der Waals surface area contributed by atoms with Crippen molar-refractivity contribution in [2.45, 2.75) is 71.3 Å². The van der Waals surface area contributed by atoms with Gasteiger partial charge in [0.1, 0.15) is 71.9 Å². The number of imidazole rings is 4. The van der Waals surface area contributed by atoms with Gasteiger partial charge in [0.05, 0.1) is 110 Å². The van der Waals surface area contributed by atoms with Crippen LogP contribution in [0.25, 0.3) is 87.0 Å². The van der Waals surface area contributed by atoms with Crippen molar-refractivity contribution >= 4 is 127 Å². The molecule has 0 radical (unpaired) electrons. The lowest BCUT2D eigenvalue weighted by Gasteiger charge is -2.21. The van der Waals surface area contributed by atoms with E-state index in [-0.39, 0.29) is 86.4 Å². The van der Waals surface area contributed by atoms with Gasteiger partial charge in [-0.2, -0.15) is 29.3 Å². The van der Waals surface area contributed by atoms with Crippen molar-refractivity contribution in [3.63, 3.8) is 0 Å². The zero-order chi connectivity index (χ0) is 86.4. The van der Waals surface area contributed by atoms with Gasteiger partial charge < -0.3 is 49.3 Å². The van der Waals surface area contributed by atoms with Crippen LogP contribution in [0.4, 0.5) is 73.7 Å². The Bertz CT molecular complexity index is 6630. The Balaban J connectivity index is 0.000000140. The molecule has 13 N–H and O–H groups in total. The van der Waals surface area contributed by atoms with Crippen LogP contribution in [0.5, 0.6) is 0 Å². The van der Waals surface area contributed by atoms with Gasteiger partial charge in [0.25, 0.3) is 22.7 Å². The number of fused-ring (bicyclic) bond motifs is 4. The highest BCUT2D eigenvalue weighted by molar-refractivity contribution is 6.30. The third kappa shape index (κ3) is 16.8.